The number of fused-ring (bicyclic) bond motifs is 1. The van der Waals surface area contributed by atoms with Crippen LogP contribution in [0.15, 0.2) is 54.9 Å². The van der Waals surface area contributed by atoms with Gasteiger partial charge in [-0.2, -0.15) is 0 Å². The number of anilines is 2. The first-order chi connectivity index (χ1) is 15.0. The molecule has 0 atom stereocenters. The van der Waals surface area contributed by atoms with E-state index in [1.807, 2.05) is 43.3 Å². The molecule has 0 saturated heterocycles. The first-order valence-corrected chi connectivity index (χ1v) is 11.3. The van der Waals surface area contributed by atoms with E-state index in [9.17, 15) is 0 Å². The highest BCUT2D eigenvalue weighted by Gasteiger charge is 2.17. The van der Waals surface area contributed by atoms with Gasteiger partial charge in [0, 0.05) is 16.1 Å². The molecule has 6 heteroatoms. The topological polar surface area (TPSA) is 56.3 Å². The number of aromatic nitrogens is 2. The predicted octanol–water partition coefficient (Wildman–Crippen LogP) is 6.84. The van der Waals surface area contributed by atoms with Crippen molar-refractivity contribution in [2.24, 2.45) is 5.92 Å². The third-order valence-corrected chi connectivity index (χ3v) is 5.83. The van der Waals surface area contributed by atoms with Crippen LogP contribution in [0.3, 0.4) is 0 Å². The Balaban J connectivity index is 1.66. The second kappa shape index (κ2) is 9.35. The van der Waals surface area contributed by atoms with E-state index in [1.54, 1.807) is 17.7 Å². The number of benzene rings is 2. The Morgan fingerprint density at radius 3 is 2.29 bits per heavy atom. The highest BCUT2D eigenvalue weighted by molar-refractivity contribution is 7.19. The quantitative estimate of drug-likeness (QED) is 0.329. The van der Waals surface area contributed by atoms with E-state index >= 15 is 0 Å². The highest BCUT2D eigenvalue weighted by atomic mass is 32.1. The van der Waals surface area contributed by atoms with E-state index in [0.29, 0.717) is 19.1 Å². The molecule has 0 aliphatic carbocycles. The summed E-state index contributed by atoms with van der Waals surface area (Å²) in [4.78, 5) is 11.3. The Hall–Kier alpha value is -3.12. The van der Waals surface area contributed by atoms with Gasteiger partial charge in [-0.05, 0) is 61.7 Å². The van der Waals surface area contributed by atoms with Gasteiger partial charge in [0.2, 0.25) is 0 Å². The molecule has 4 aromatic rings. The normalized spacial score (nSPS) is 11.1. The molecule has 4 rings (SSSR count). The van der Waals surface area contributed by atoms with Crippen LogP contribution in [0, 0.1) is 12.8 Å². The lowest BCUT2D eigenvalue weighted by Crippen LogP contribution is -2.04. The number of thiophene rings is 1. The van der Waals surface area contributed by atoms with Crippen LogP contribution < -0.4 is 14.8 Å². The Morgan fingerprint density at radius 2 is 1.61 bits per heavy atom. The summed E-state index contributed by atoms with van der Waals surface area (Å²) in [5.74, 6) is 3.04. The lowest BCUT2D eigenvalue weighted by Gasteiger charge is -2.11. The number of nitrogens with one attached hydrogen (secondary N) is 1. The number of nitrogens with zero attached hydrogens (tertiary/aromatic N) is 2. The zero-order chi connectivity index (χ0) is 21.8. The lowest BCUT2D eigenvalue weighted by molar-refractivity contribution is 0.271. The van der Waals surface area contributed by atoms with Gasteiger partial charge < -0.3 is 14.8 Å². The molecule has 0 radical (unpaired) electrons. The second-order valence-corrected chi connectivity index (χ2v) is 8.95. The van der Waals surface area contributed by atoms with Crippen molar-refractivity contribution in [1.82, 2.24) is 9.97 Å². The molecule has 2 aromatic heterocycles. The van der Waals surface area contributed by atoms with Crippen molar-refractivity contribution in [3.05, 3.63) is 59.7 Å². The summed E-state index contributed by atoms with van der Waals surface area (Å²) in [6.07, 6.45) is 1.61. The summed E-state index contributed by atoms with van der Waals surface area (Å²) >= 11 is 1.68. The smallest absolute Gasteiger partial charge is 0.143 e. The van der Waals surface area contributed by atoms with Gasteiger partial charge in [-0.15, -0.1) is 11.3 Å². The van der Waals surface area contributed by atoms with Crippen LogP contribution in [-0.4, -0.2) is 23.2 Å². The van der Waals surface area contributed by atoms with E-state index in [0.717, 1.165) is 44.3 Å². The number of aryl methyl sites for hydroxylation is 1. The van der Waals surface area contributed by atoms with Crippen LogP contribution in [0.5, 0.6) is 11.5 Å². The van der Waals surface area contributed by atoms with Crippen LogP contribution in [0.4, 0.5) is 11.5 Å². The summed E-state index contributed by atoms with van der Waals surface area (Å²) in [7, 11) is 0. The molecule has 0 unspecified atom stereocenters. The zero-order valence-corrected chi connectivity index (χ0v) is 19.1. The number of ether oxygens (including phenoxy) is 2. The first-order valence-electron chi connectivity index (χ1n) is 10.5. The van der Waals surface area contributed by atoms with E-state index < -0.39 is 0 Å². The SMILES string of the molecule is CCOc1ccc(-c2c(C)sc3ncnc(Nc4ccc(OCC(C)C)cc4)c23)cc1. The van der Waals surface area contributed by atoms with Crippen molar-refractivity contribution < 1.29 is 9.47 Å². The van der Waals surface area contributed by atoms with E-state index in [1.165, 1.54) is 4.88 Å². The molecule has 0 aliphatic rings. The highest BCUT2D eigenvalue weighted by Crippen LogP contribution is 2.41. The molecular weight excluding hydrogens is 406 g/mol. The number of rotatable bonds is 8. The molecule has 5 nitrogen and oxygen atoms in total. The summed E-state index contributed by atoms with van der Waals surface area (Å²) in [6, 6.07) is 16.2. The fourth-order valence-electron chi connectivity index (χ4n) is 3.41. The minimum absolute atomic E-state index is 0.495. The van der Waals surface area contributed by atoms with Crippen LogP contribution in [0.1, 0.15) is 25.6 Å². The molecule has 2 heterocycles. The zero-order valence-electron chi connectivity index (χ0n) is 18.3. The fraction of sp³-hybridized carbons (Fsp3) is 0.280. The Morgan fingerprint density at radius 1 is 0.935 bits per heavy atom. The van der Waals surface area contributed by atoms with Gasteiger partial charge in [-0.25, -0.2) is 9.97 Å². The molecule has 0 spiro atoms. The van der Waals surface area contributed by atoms with Crippen molar-refractivity contribution in [2.75, 3.05) is 18.5 Å². The molecule has 0 fully saturated rings. The van der Waals surface area contributed by atoms with Crippen LogP contribution in [0.25, 0.3) is 21.3 Å². The molecule has 1 N–H and O–H groups in total. The molecular formula is C25H27N3O2S. The third kappa shape index (κ3) is 4.80. The van der Waals surface area contributed by atoms with Gasteiger partial charge in [0.25, 0.3) is 0 Å². The maximum Gasteiger partial charge on any atom is 0.143 e. The van der Waals surface area contributed by atoms with Crippen LogP contribution in [-0.2, 0) is 0 Å². The van der Waals surface area contributed by atoms with E-state index in [-0.39, 0.29) is 0 Å². The van der Waals surface area contributed by atoms with Crippen LogP contribution >= 0.6 is 11.3 Å². The van der Waals surface area contributed by atoms with Gasteiger partial charge in [0.05, 0.1) is 18.6 Å². The molecule has 0 saturated carbocycles. The van der Waals surface area contributed by atoms with Gasteiger partial charge in [-0.3, -0.25) is 0 Å². The lowest BCUT2D eigenvalue weighted by atomic mass is 10.0. The van der Waals surface area contributed by atoms with Crippen molar-refractivity contribution in [3.8, 4) is 22.6 Å². The molecule has 160 valence electrons. The maximum absolute atomic E-state index is 5.79. The molecule has 2 aromatic carbocycles. The van der Waals surface area contributed by atoms with Crippen molar-refractivity contribution in [3.63, 3.8) is 0 Å². The number of hydrogen-bond donors (Lipinski definition) is 1. The molecule has 0 bridgehead atoms. The fourth-order valence-corrected chi connectivity index (χ4v) is 4.42. The Bertz CT molecular complexity index is 1150. The van der Waals surface area contributed by atoms with Gasteiger partial charge >= 0.3 is 0 Å². The van der Waals surface area contributed by atoms with Gasteiger partial charge in [0.1, 0.15) is 28.5 Å². The standard InChI is InChI=1S/C25H27N3O2S/c1-5-29-20-10-6-18(7-11-20)22-17(4)31-25-23(22)24(26-15-27-25)28-19-8-12-21(13-9-19)30-14-16(2)3/h6-13,15-16H,5,14H2,1-4H3,(H,26,27,28). The van der Waals surface area contributed by atoms with Gasteiger partial charge in [0.15, 0.2) is 0 Å². The molecule has 31 heavy (non-hydrogen) atoms. The maximum atomic E-state index is 5.79. The first kappa shape index (κ1) is 21.1. The predicted molar refractivity (Wildman–Crippen MR) is 129 cm³/mol. The summed E-state index contributed by atoms with van der Waals surface area (Å²) in [5, 5.41) is 4.51. The minimum Gasteiger partial charge on any atom is -0.494 e. The monoisotopic (exact) mass is 433 g/mol. The van der Waals surface area contributed by atoms with Crippen molar-refractivity contribution in [1.29, 1.82) is 0 Å². The second-order valence-electron chi connectivity index (χ2n) is 7.75. The molecule has 0 amide bonds. The average molecular weight is 434 g/mol. The van der Waals surface area contributed by atoms with E-state index in [2.05, 4.69) is 48.2 Å². The summed E-state index contributed by atoms with van der Waals surface area (Å²) in [5.41, 5.74) is 3.24. The average Bonchev–Trinajstić information content (AvgIpc) is 3.11. The van der Waals surface area contributed by atoms with Crippen molar-refractivity contribution in [2.45, 2.75) is 27.7 Å². The summed E-state index contributed by atoms with van der Waals surface area (Å²) < 4.78 is 11.4. The van der Waals surface area contributed by atoms with E-state index in [4.69, 9.17) is 9.47 Å². The Kier molecular flexibility index (Phi) is 6.37. The number of hydrogen-bond acceptors (Lipinski definition) is 6. The third-order valence-electron chi connectivity index (χ3n) is 4.82. The Labute approximate surface area is 187 Å². The van der Waals surface area contributed by atoms with Crippen LogP contribution in [0.2, 0.25) is 0 Å². The van der Waals surface area contributed by atoms with Gasteiger partial charge in [-0.1, -0.05) is 26.0 Å². The largest absolute Gasteiger partial charge is 0.494 e. The molecule has 0 aliphatic heterocycles. The van der Waals surface area contributed by atoms with Crippen molar-refractivity contribution >= 4 is 33.1 Å². The minimum atomic E-state index is 0.495. The summed E-state index contributed by atoms with van der Waals surface area (Å²) in [6.45, 7) is 9.76.